The van der Waals surface area contributed by atoms with Crippen molar-refractivity contribution in [3.05, 3.63) is 16.1 Å². The van der Waals surface area contributed by atoms with E-state index in [4.69, 9.17) is 5.73 Å². The lowest BCUT2D eigenvalue weighted by molar-refractivity contribution is 0.100. The third-order valence-corrected chi connectivity index (χ3v) is 4.01. The molecule has 82 valence electrons. The summed E-state index contributed by atoms with van der Waals surface area (Å²) >= 11 is 1.44. The van der Waals surface area contributed by atoms with Gasteiger partial charge in [-0.1, -0.05) is 0 Å². The van der Waals surface area contributed by atoms with Gasteiger partial charge in [-0.25, -0.2) is 4.98 Å². The molecule has 0 atom stereocenters. The molecule has 0 bridgehead atoms. The summed E-state index contributed by atoms with van der Waals surface area (Å²) in [6.07, 6.45) is 3.85. The molecule has 2 rings (SSSR count). The molecule has 2 heterocycles. The molecule has 1 aromatic heterocycles. The first-order valence-electron chi connectivity index (χ1n) is 5.11. The molecule has 1 fully saturated rings. The summed E-state index contributed by atoms with van der Waals surface area (Å²) in [5.74, 6) is 0.144. The monoisotopic (exact) mass is 225 g/mol. The van der Waals surface area contributed by atoms with Crippen molar-refractivity contribution in [2.45, 2.75) is 18.8 Å². The molecule has 4 nitrogen and oxygen atoms in total. The standard InChI is InChI=1S/C10H15N3OS/c1-13-4-2-7(3-5-13)10-12-6-8(15-10)9(11)14/h6-7H,2-5H2,1H3,(H2,11,14). The smallest absolute Gasteiger partial charge is 0.260 e. The summed E-state index contributed by atoms with van der Waals surface area (Å²) in [5, 5.41) is 1.07. The quantitative estimate of drug-likeness (QED) is 0.818. The number of carbonyl (C=O) groups excluding carboxylic acids is 1. The van der Waals surface area contributed by atoms with Crippen molar-refractivity contribution >= 4 is 17.2 Å². The Kier molecular flexibility index (Phi) is 3.02. The molecule has 1 aliphatic heterocycles. The molecule has 0 aliphatic carbocycles. The number of carbonyl (C=O) groups is 1. The summed E-state index contributed by atoms with van der Waals surface area (Å²) in [6.45, 7) is 2.21. The lowest BCUT2D eigenvalue weighted by Crippen LogP contribution is -2.29. The summed E-state index contributed by atoms with van der Waals surface area (Å²) in [5.41, 5.74) is 5.20. The molecule has 2 N–H and O–H groups in total. The third-order valence-electron chi connectivity index (χ3n) is 2.83. The van der Waals surface area contributed by atoms with Crippen LogP contribution in [0.4, 0.5) is 0 Å². The van der Waals surface area contributed by atoms with Crippen molar-refractivity contribution in [1.82, 2.24) is 9.88 Å². The Bertz CT molecular complexity index is 355. The fourth-order valence-electron chi connectivity index (χ4n) is 1.85. The average molecular weight is 225 g/mol. The van der Waals surface area contributed by atoms with E-state index in [9.17, 15) is 4.79 Å². The van der Waals surface area contributed by atoms with Gasteiger partial charge in [0, 0.05) is 5.92 Å². The van der Waals surface area contributed by atoms with Crippen LogP contribution in [0, 0.1) is 0 Å². The minimum Gasteiger partial charge on any atom is -0.365 e. The molecule has 1 aliphatic rings. The fraction of sp³-hybridized carbons (Fsp3) is 0.600. The number of rotatable bonds is 2. The first-order valence-corrected chi connectivity index (χ1v) is 5.92. The van der Waals surface area contributed by atoms with Gasteiger partial charge in [0.1, 0.15) is 4.88 Å². The molecule has 0 saturated carbocycles. The number of nitrogens with zero attached hydrogens (tertiary/aromatic N) is 2. The molecule has 0 aromatic carbocycles. The molecule has 0 unspecified atom stereocenters. The van der Waals surface area contributed by atoms with Crippen LogP contribution in [0.1, 0.15) is 33.4 Å². The van der Waals surface area contributed by atoms with Gasteiger partial charge in [-0.15, -0.1) is 11.3 Å². The Morgan fingerprint density at radius 1 is 1.60 bits per heavy atom. The van der Waals surface area contributed by atoms with Gasteiger partial charge in [0.15, 0.2) is 0 Å². The van der Waals surface area contributed by atoms with Gasteiger partial charge in [-0.05, 0) is 33.0 Å². The number of piperidine rings is 1. The number of aromatic nitrogens is 1. The Balaban J connectivity index is 2.06. The van der Waals surface area contributed by atoms with E-state index in [-0.39, 0.29) is 5.91 Å². The normalized spacial score (nSPS) is 19.3. The minimum absolute atomic E-state index is 0.369. The van der Waals surface area contributed by atoms with Gasteiger partial charge in [-0.2, -0.15) is 0 Å². The Labute approximate surface area is 93.1 Å². The van der Waals surface area contributed by atoms with Crippen molar-refractivity contribution in [3.63, 3.8) is 0 Å². The lowest BCUT2D eigenvalue weighted by atomic mass is 9.98. The maximum Gasteiger partial charge on any atom is 0.260 e. The highest BCUT2D eigenvalue weighted by Crippen LogP contribution is 2.30. The van der Waals surface area contributed by atoms with Crippen LogP contribution < -0.4 is 5.73 Å². The average Bonchev–Trinajstić information content (AvgIpc) is 2.68. The van der Waals surface area contributed by atoms with Crippen LogP contribution in [-0.4, -0.2) is 35.9 Å². The third kappa shape index (κ3) is 2.35. The molecule has 5 heteroatoms. The topological polar surface area (TPSA) is 59.2 Å². The molecule has 1 aromatic rings. The van der Waals surface area contributed by atoms with E-state index < -0.39 is 0 Å². The van der Waals surface area contributed by atoms with Gasteiger partial charge >= 0.3 is 0 Å². The predicted molar refractivity (Wildman–Crippen MR) is 60.1 cm³/mol. The van der Waals surface area contributed by atoms with Crippen molar-refractivity contribution in [2.24, 2.45) is 5.73 Å². The van der Waals surface area contributed by atoms with Crippen LogP contribution >= 0.6 is 11.3 Å². The molecular formula is C10H15N3OS. The van der Waals surface area contributed by atoms with E-state index >= 15 is 0 Å². The van der Waals surface area contributed by atoms with Gasteiger partial charge in [0.05, 0.1) is 11.2 Å². The Morgan fingerprint density at radius 2 is 2.27 bits per heavy atom. The molecule has 15 heavy (non-hydrogen) atoms. The van der Waals surface area contributed by atoms with Crippen LogP contribution in [0.25, 0.3) is 0 Å². The van der Waals surface area contributed by atoms with E-state index in [0.717, 1.165) is 30.9 Å². The zero-order valence-corrected chi connectivity index (χ0v) is 9.59. The molecular weight excluding hydrogens is 210 g/mol. The van der Waals surface area contributed by atoms with E-state index in [1.165, 1.54) is 11.3 Å². The number of hydrogen-bond donors (Lipinski definition) is 1. The summed E-state index contributed by atoms with van der Waals surface area (Å²) in [7, 11) is 2.13. The summed E-state index contributed by atoms with van der Waals surface area (Å²) < 4.78 is 0. The predicted octanol–water partition coefficient (Wildman–Crippen LogP) is 1.05. The number of hydrogen-bond acceptors (Lipinski definition) is 4. The van der Waals surface area contributed by atoms with Crippen molar-refractivity contribution in [1.29, 1.82) is 0 Å². The van der Waals surface area contributed by atoms with Crippen molar-refractivity contribution in [2.75, 3.05) is 20.1 Å². The van der Waals surface area contributed by atoms with Gasteiger partial charge in [0.25, 0.3) is 5.91 Å². The number of likely N-dealkylation sites (tertiary alicyclic amines) is 1. The Hall–Kier alpha value is -0.940. The van der Waals surface area contributed by atoms with E-state index in [0.29, 0.717) is 10.8 Å². The largest absolute Gasteiger partial charge is 0.365 e. The van der Waals surface area contributed by atoms with Crippen molar-refractivity contribution < 1.29 is 4.79 Å². The van der Waals surface area contributed by atoms with Crippen LogP contribution in [0.2, 0.25) is 0 Å². The minimum atomic E-state index is -0.369. The van der Waals surface area contributed by atoms with Gasteiger partial charge < -0.3 is 10.6 Å². The van der Waals surface area contributed by atoms with Gasteiger partial charge in [-0.3, -0.25) is 4.79 Å². The fourth-order valence-corrected chi connectivity index (χ4v) is 2.78. The number of nitrogens with two attached hydrogens (primary N) is 1. The number of amides is 1. The Morgan fingerprint density at radius 3 is 2.80 bits per heavy atom. The van der Waals surface area contributed by atoms with E-state index in [1.54, 1.807) is 6.20 Å². The van der Waals surface area contributed by atoms with Crippen molar-refractivity contribution in [3.8, 4) is 0 Å². The van der Waals surface area contributed by atoms with Gasteiger partial charge in [0.2, 0.25) is 0 Å². The maximum atomic E-state index is 10.9. The molecule has 0 radical (unpaired) electrons. The first-order chi connectivity index (χ1) is 7.16. The summed E-state index contributed by atoms with van der Waals surface area (Å²) in [6, 6.07) is 0. The highest BCUT2D eigenvalue weighted by Gasteiger charge is 2.21. The zero-order chi connectivity index (χ0) is 10.8. The SMILES string of the molecule is CN1CCC(c2ncc(C(N)=O)s2)CC1. The molecule has 1 saturated heterocycles. The van der Waals surface area contributed by atoms with Crippen LogP contribution in [0.5, 0.6) is 0 Å². The zero-order valence-electron chi connectivity index (χ0n) is 8.77. The number of thiazole rings is 1. The summed E-state index contributed by atoms with van der Waals surface area (Å²) in [4.78, 5) is 18.1. The lowest BCUT2D eigenvalue weighted by Gasteiger charge is -2.27. The molecule has 1 amide bonds. The second kappa shape index (κ2) is 4.28. The van der Waals surface area contributed by atoms with E-state index in [1.807, 2.05) is 0 Å². The molecule has 0 spiro atoms. The maximum absolute atomic E-state index is 10.9. The van der Waals surface area contributed by atoms with Crippen LogP contribution in [-0.2, 0) is 0 Å². The second-order valence-corrected chi connectivity index (χ2v) is 5.07. The second-order valence-electron chi connectivity index (χ2n) is 4.00. The highest BCUT2D eigenvalue weighted by atomic mass is 32.1. The van der Waals surface area contributed by atoms with Crippen LogP contribution in [0.3, 0.4) is 0 Å². The first kappa shape index (κ1) is 10.6. The van der Waals surface area contributed by atoms with Crippen LogP contribution in [0.15, 0.2) is 6.20 Å². The van der Waals surface area contributed by atoms with E-state index in [2.05, 4.69) is 16.9 Å². The highest BCUT2D eigenvalue weighted by molar-refractivity contribution is 7.13. The number of primary amides is 1.